The molecule has 0 saturated carbocycles. The van der Waals surface area contributed by atoms with Gasteiger partial charge < -0.3 is 19.1 Å². The van der Waals surface area contributed by atoms with E-state index in [-0.39, 0.29) is 24.5 Å². The number of carbonyl (C=O) groups excluding carboxylic acids is 2. The van der Waals surface area contributed by atoms with Crippen LogP contribution in [-0.2, 0) is 25.6 Å². The Labute approximate surface area is 142 Å². The maximum Gasteiger partial charge on any atom is 0.410 e. The van der Waals surface area contributed by atoms with Crippen molar-refractivity contribution >= 4 is 12.1 Å². The lowest BCUT2D eigenvalue weighted by Gasteiger charge is -2.22. The van der Waals surface area contributed by atoms with E-state index in [1.165, 1.54) is 0 Å². The fourth-order valence-electron chi connectivity index (χ4n) is 2.82. The van der Waals surface area contributed by atoms with Crippen LogP contribution in [0.3, 0.4) is 0 Å². The molecule has 0 aliphatic carbocycles. The van der Waals surface area contributed by atoms with Gasteiger partial charge in [-0.3, -0.25) is 4.79 Å². The smallest absolute Gasteiger partial charge is 0.410 e. The van der Waals surface area contributed by atoms with Crippen LogP contribution in [0.4, 0.5) is 4.79 Å². The summed E-state index contributed by atoms with van der Waals surface area (Å²) in [5.74, 6) is -0.305. The molecule has 24 heavy (non-hydrogen) atoms. The fraction of sp³-hybridized carbons (Fsp3) is 0.556. The molecule has 2 rings (SSSR count). The monoisotopic (exact) mass is 335 g/mol. The number of ether oxygens (including phenoxy) is 3. The number of hydrogen-bond acceptors (Lipinski definition) is 5. The zero-order chi connectivity index (χ0) is 17.4. The summed E-state index contributed by atoms with van der Waals surface area (Å²) in [6, 6.07) is 9.62. The van der Waals surface area contributed by atoms with Gasteiger partial charge in [0.15, 0.2) is 0 Å². The quantitative estimate of drug-likeness (QED) is 0.717. The molecule has 2 atom stereocenters. The van der Waals surface area contributed by atoms with Crippen molar-refractivity contribution < 1.29 is 23.8 Å². The third-order valence-corrected chi connectivity index (χ3v) is 3.91. The summed E-state index contributed by atoms with van der Waals surface area (Å²) >= 11 is 0. The first-order chi connectivity index (χ1) is 11.6. The van der Waals surface area contributed by atoms with Crippen molar-refractivity contribution in [2.24, 2.45) is 0 Å². The highest BCUT2D eigenvalue weighted by Gasteiger charge is 2.38. The van der Waals surface area contributed by atoms with E-state index in [2.05, 4.69) is 0 Å². The van der Waals surface area contributed by atoms with E-state index >= 15 is 0 Å². The van der Waals surface area contributed by atoms with Crippen molar-refractivity contribution in [3.8, 4) is 0 Å². The molecule has 6 nitrogen and oxygen atoms in total. The van der Waals surface area contributed by atoms with Gasteiger partial charge in [-0.1, -0.05) is 30.3 Å². The van der Waals surface area contributed by atoms with E-state index in [0.29, 0.717) is 32.8 Å². The third kappa shape index (κ3) is 5.23. The van der Waals surface area contributed by atoms with Gasteiger partial charge >= 0.3 is 12.1 Å². The minimum absolute atomic E-state index is 0.117. The van der Waals surface area contributed by atoms with Gasteiger partial charge in [0.1, 0.15) is 0 Å². The van der Waals surface area contributed by atoms with Gasteiger partial charge in [0.25, 0.3) is 0 Å². The number of esters is 1. The molecule has 1 aromatic rings. The molecule has 1 amide bonds. The summed E-state index contributed by atoms with van der Waals surface area (Å²) < 4.78 is 16.0. The predicted octanol–water partition coefficient (Wildman–Crippen LogP) is 2.76. The summed E-state index contributed by atoms with van der Waals surface area (Å²) in [6.07, 6.45) is 0.245. The highest BCUT2D eigenvalue weighted by molar-refractivity contribution is 5.73. The molecule has 1 aliphatic rings. The standard InChI is InChI=1S/C18H25NO5/c1-3-22-17(20)11-15-10-16(12-19(15)18(21)23-4-2)24-13-14-8-6-5-7-9-14/h5-9,15-16H,3-4,10-13H2,1-2H3/t15-,16-/m1/s1. The molecule has 0 N–H and O–H groups in total. The average Bonchev–Trinajstić information content (AvgIpc) is 2.97. The Kier molecular flexibility index (Phi) is 7.06. The van der Waals surface area contributed by atoms with Crippen molar-refractivity contribution in [2.75, 3.05) is 19.8 Å². The normalized spacial score (nSPS) is 20.0. The Hall–Kier alpha value is -2.08. The summed E-state index contributed by atoms with van der Waals surface area (Å²) in [4.78, 5) is 25.5. The van der Waals surface area contributed by atoms with E-state index < -0.39 is 6.09 Å². The number of hydrogen-bond donors (Lipinski definition) is 0. The van der Waals surface area contributed by atoms with Crippen LogP contribution in [0.5, 0.6) is 0 Å². The molecule has 1 aliphatic heterocycles. The highest BCUT2D eigenvalue weighted by Crippen LogP contribution is 2.25. The van der Waals surface area contributed by atoms with Crippen LogP contribution in [0.1, 0.15) is 32.3 Å². The van der Waals surface area contributed by atoms with E-state index in [0.717, 1.165) is 5.56 Å². The Balaban J connectivity index is 1.94. The average molecular weight is 335 g/mol. The van der Waals surface area contributed by atoms with Crippen LogP contribution in [-0.4, -0.2) is 48.9 Å². The summed E-state index contributed by atoms with van der Waals surface area (Å²) in [6.45, 7) is 5.07. The lowest BCUT2D eigenvalue weighted by molar-refractivity contribution is -0.144. The molecule has 1 heterocycles. The Morgan fingerprint density at radius 1 is 1.12 bits per heavy atom. The van der Waals surface area contributed by atoms with E-state index in [1.807, 2.05) is 30.3 Å². The van der Waals surface area contributed by atoms with Gasteiger partial charge in [-0.15, -0.1) is 0 Å². The van der Waals surface area contributed by atoms with E-state index in [1.54, 1.807) is 18.7 Å². The van der Waals surface area contributed by atoms with Crippen molar-refractivity contribution in [1.82, 2.24) is 4.90 Å². The molecule has 0 bridgehead atoms. The number of nitrogens with zero attached hydrogens (tertiary/aromatic N) is 1. The SMILES string of the molecule is CCOC(=O)C[C@H]1C[C@@H](OCc2ccccc2)CN1C(=O)OCC. The Morgan fingerprint density at radius 2 is 1.83 bits per heavy atom. The second kappa shape index (κ2) is 9.27. The van der Waals surface area contributed by atoms with Crippen LogP contribution in [0.2, 0.25) is 0 Å². The van der Waals surface area contributed by atoms with Crippen LogP contribution in [0.15, 0.2) is 30.3 Å². The van der Waals surface area contributed by atoms with Gasteiger partial charge in [-0.05, 0) is 25.8 Å². The van der Waals surface area contributed by atoms with Crippen LogP contribution in [0, 0.1) is 0 Å². The van der Waals surface area contributed by atoms with Crippen molar-refractivity contribution in [3.05, 3.63) is 35.9 Å². The van der Waals surface area contributed by atoms with E-state index in [4.69, 9.17) is 14.2 Å². The zero-order valence-electron chi connectivity index (χ0n) is 14.3. The first-order valence-electron chi connectivity index (χ1n) is 8.38. The Morgan fingerprint density at radius 3 is 2.50 bits per heavy atom. The fourth-order valence-corrected chi connectivity index (χ4v) is 2.82. The number of carbonyl (C=O) groups is 2. The topological polar surface area (TPSA) is 65.1 Å². The maximum atomic E-state index is 12.1. The largest absolute Gasteiger partial charge is 0.466 e. The molecular weight excluding hydrogens is 310 g/mol. The second-order valence-corrected chi connectivity index (χ2v) is 5.67. The predicted molar refractivity (Wildman–Crippen MR) is 88.4 cm³/mol. The molecular formula is C18H25NO5. The number of likely N-dealkylation sites (tertiary alicyclic amines) is 1. The van der Waals surface area contributed by atoms with Crippen molar-refractivity contribution in [2.45, 2.75) is 45.4 Å². The third-order valence-electron chi connectivity index (χ3n) is 3.91. The minimum atomic E-state index is -0.405. The minimum Gasteiger partial charge on any atom is -0.466 e. The highest BCUT2D eigenvalue weighted by atomic mass is 16.6. The van der Waals surface area contributed by atoms with Crippen molar-refractivity contribution in [3.63, 3.8) is 0 Å². The summed E-state index contributed by atoms with van der Waals surface area (Å²) in [5.41, 5.74) is 1.08. The zero-order valence-corrected chi connectivity index (χ0v) is 14.3. The molecule has 0 unspecified atom stereocenters. The summed E-state index contributed by atoms with van der Waals surface area (Å²) in [5, 5.41) is 0. The van der Waals surface area contributed by atoms with Crippen LogP contribution in [0.25, 0.3) is 0 Å². The van der Waals surface area contributed by atoms with Crippen molar-refractivity contribution in [1.29, 1.82) is 0 Å². The van der Waals surface area contributed by atoms with E-state index in [9.17, 15) is 9.59 Å². The first-order valence-corrected chi connectivity index (χ1v) is 8.38. The van der Waals surface area contributed by atoms with Gasteiger partial charge in [0.05, 0.1) is 38.9 Å². The molecule has 6 heteroatoms. The van der Waals surface area contributed by atoms with Crippen LogP contribution >= 0.6 is 0 Å². The molecule has 132 valence electrons. The van der Waals surface area contributed by atoms with Gasteiger partial charge in [-0.25, -0.2) is 4.79 Å². The lowest BCUT2D eigenvalue weighted by Crippen LogP contribution is -2.38. The lowest BCUT2D eigenvalue weighted by atomic mass is 10.1. The molecule has 0 radical (unpaired) electrons. The van der Waals surface area contributed by atoms with Crippen LogP contribution < -0.4 is 0 Å². The molecule has 0 spiro atoms. The maximum absolute atomic E-state index is 12.1. The Bertz CT molecular complexity index is 533. The number of benzene rings is 1. The molecule has 1 aromatic carbocycles. The molecule has 0 aromatic heterocycles. The van der Waals surface area contributed by atoms with Gasteiger partial charge in [0, 0.05) is 6.04 Å². The molecule has 1 saturated heterocycles. The number of rotatable bonds is 7. The summed E-state index contributed by atoms with van der Waals surface area (Å²) in [7, 11) is 0. The second-order valence-electron chi connectivity index (χ2n) is 5.67. The van der Waals surface area contributed by atoms with Gasteiger partial charge in [0.2, 0.25) is 0 Å². The number of amides is 1. The first kappa shape index (κ1) is 18.3. The molecule has 1 fully saturated rings. The van der Waals surface area contributed by atoms with Gasteiger partial charge in [-0.2, -0.15) is 0 Å².